The number of nitrogens with zero attached hydrogens (tertiary/aromatic N) is 4. The highest BCUT2D eigenvalue weighted by Crippen LogP contribution is 2.40. The van der Waals surface area contributed by atoms with Crippen LogP contribution < -0.4 is 9.47 Å². The van der Waals surface area contributed by atoms with Crippen LogP contribution in [-0.4, -0.2) is 29.7 Å². The molecule has 0 amide bonds. The predicted molar refractivity (Wildman–Crippen MR) is 132 cm³/mol. The van der Waals surface area contributed by atoms with E-state index in [1.54, 1.807) is 14.2 Å². The largest absolute Gasteiger partial charge is 0.497 e. The van der Waals surface area contributed by atoms with Crippen molar-refractivity contribution in [3.63, 3.8) is 0 Å². The summed E-state index contributed by atoms with van der Waals surface area (Å²) >= 11 is 0. The van der Waals surface area contributed by atoms with Gasteiger partial charge in [0.05, 0.1) is 26.0 Å². The van der Waals surface area contributed by atoms with Gasteiger partial charge in [-0.3, -0.25) is 0 Å². The fraction of sp³-hybridized carbons (Fsp3) is 0.179. The lowest BCUT2D eigenvalue weighted by molar-refractivity contribution is 0.414. The summed E-state index contributed by atoms with van der Waals surface area (Å²) in [5, 5.41) is 15.0. The van der Waals surface area contributed by atoms with E-state index in [4.69, 9.17) is 19.6 Å². The van der Waals surface area contributed by atoms with Crippen molar-refractivity contribution >= 4 is 11.5 Å². The molecular formula is C28H24N4O2. The van der Waals surface area contributed by atoms with Crippen molar-refractivity contribution in [3.05, 3.63) is 95.1 Å². The van der Waals surface area contributed by atoms with Crippen LogP contribution in [0.4, 0.5) is 5.82 Å². The van der Waals surface area contributed by atoms with Crippen LogP contribution in [0.25, 0.3) is 11.3 Å². The number of aromatic nitrogens is 2. The van der Waals surface area contributed by atoms with Crippen molar-refractivity contribution in [2.75, 3.05) is 14.2 Å². The van der Waals surface area contributed by atoms with Gasteiger partial charge in [0.25, 0.3) is 0 Å². The summed E-state index contributed by atoms with van der Waals surface area (Å²) in [5.41, 5.74) is 6.16. The van der Waals surface area contributed by atoms with Gasteiger partial charge in [0, 0.05) is 12.0 Å². The summed E-state index contributed by atoms with van der Waals surface area (Å²) in [6, 6.07) is 26.2. The first kappa shape index (κ1) is 21.5. The Morgan fingerprint density at radius 3 is 2.03 bits per heavy atom. The molecule has 0 spiro atoms. The van der Waals surface area contributed by atoms with E-state index in [-0.39, 0.29) is 6.04 Å². The molecule has 0 fully saturated rings. The van der Waals surface area contributed by atoms with Crippen molar-refractivity contribution in [3.8, 4) is 28.8 Å². The van der Waals surface area contributed by atoms with E-state index in [1.807, 2.05) is 84.4 Å². The summed E-state index contributed by atoms with van der Waals surface area (Å²) in [5.74, 6) is 2.16. The Kier molecular flexibility index (Phi) is 5.60. The number of methoxy groups -OCH3 is 2. The molecule has 2 heterocycles. The van der Waals surface area contributed by atoms with Gasteiger partial charge in [0.15, 0.2) is 5.82 Å². The number of hydrogen-bond acceptors (Lipinski definition) is 5. The Balaban J connectivity index is 1.68. The molecule has 1 unspecified atom stereocenters. The van der Waals surface area contributed by atoms with Gasteiger partial charge in [-0.1, -0.05) is 42.0 Å². The highest BCUT2D eigenvalue weighted by atomic mass is 16.5. The lowest BCUT2D eigenvalue weighted by Gasteiger charge is -2.25. The predicted octanol–water partition coefficient (Wildman–Crippen LogP) is 5.86. The van der Waals surface area contributed by atoms with Gasteiger partial charge >= 0.3 is 0 Å². The van der Waals surface area contributed by atoms with E-state index < -0.39 is 0 Å². The molecule has 1 aromatic heterocycles. The number of benzene rings is 3. The van der Waals surface area contributed by atoms with Crippen molar-refractivity contribution < 1.29 is 9.47 Å². The summed E-state index contributed by atoms with van der Waals surface area (Å²) in [4.78, 5) is 4.94. The third-order valence-electron chi connectivity index (χ3n) is 6.17. The average Bonchev–Trinajstić information content (AvgIpc) is 3.27. The van der Waals surface area contributed by atoms with E-state index in [2.05, 4.69) is 6.07 Å². The molecule has 0 radical (unpaired) electrons. The van der Waals surface area contributed by atoms with Gasteiger partial charge in [-0.25, -0.2) is 9.67 Å². The quantitative estimate of drug-likeness (QED) is 0.383. The maximum atomic E-state index is 10.1. The summed E-state index contributed by atoms with van der Waals surface area (Å²) in [6.45, 7) is 2.04. The van der Waals surface area contributed by atoms with Crippen LogP contribution in [0.5, 0.6) is 11.5 Å². The molecule has 0 aliphatic carbocycles. The van der Waals surface area contributed by atoms with Crippen molar-refractivity contribution in [2.24, 2.45) is 4.99 Å². The van der Waals surface area contributed by atoms with Crippen LogP contribution in [-0.2, 0) is 0 Å². The number of aryl methyl sites for hydroxylation is 1. The first-order chi connectivity index (χ1) is 16.6. The number of aliphatic imine (C=N–C) groups is 1. The zero-order valence-electron chi connectivity index (χ0n) is 19.3. The molecule has 6 nitrogen and oxygen atoms in total. The van der Waals surface area contributed by atoms with Gasteiger partial charge in [-0.2, -0.15) is 10.4 Å². The minimum absolute atomic E-state index is 0.109. The van der Waals surface area contributed by atoms with E-state index in [0.717, 1.165) is 39.5 Å². The van der Waals surface area contributed by atoms with Crippen LogP contribution in [0.3, 0.4) is 0 Å². The van der Waals surface area contributed by atoms with Gasteiger partial charge in [-0.15, -0.1) is 0 Å². The Hall–Kier alpha value is -4.37. The maximum absolute atomic E-state index is 10.1. The van der Waals surface area contributed by atoms with Crippen LogP contribution in [0, 0.1) is 18.3 Å². The van der Waals surface area contributed by atoms with Crippen LogP contribution in [0.1, 0.15) is 34.7 Å². The Bertz CT molecular complexity index is 1390. The second-order valence-corrected chi connectivity index (χ2v) is 8.25. The minimum Gasteiger partial charge on any atom is -0.497 e. The Morgan fingerprint density at radius 1 is 0.853 bits per heavy atom. The molecule has 6 heteroatoms. The zero-order chi connectivity index (χ0) is 23.7. The second-order valence-electron chi connectivity index (χ2n) is 8.25. The van der Waals surface area contributed by atoms with Gasteiger partial charge in [-0.05, 0) is 54.4 Å². The van der Waals surface area contributed by atoms with E-state index >= 15 is 0 Å². The lowest BCUT2D eigenvalue weighted by atomic mass is 9.95. The maximum Gasteiger partial charge on any atom is 0.170 e. The Morgan fingerprint density at radius 2 is 1.44 bits per heavy atom. The Labute approximate surface area is 198 Å². The molecule has 1 aliphatic heterocycles. The summed E-state index contributed by atoms with van der Waals surface area (Å²) in [7, 11) is 3.31. The summed E-state index contributed by atoms with van der Waals surface area (Å²) < 4.78 is 12.6. The van der Waals surface area contributed by atoms with Crippen LogP contribution in [0.15, 0.2) is 77.8 Å². The molecule has 0 saturated carbocycles. The molecule has 0 N–H and O–H groups in total. The van der Waals surface area contributed by atoms with Gasteiger partial charge < -0.3 is 9.47 Å². The highest BCUT2D eigenvalue weighted by molar-refractivity contribution is 6.03. The van der Waals surface area contributed by atoms with Gasteiger partial charge in [0.2, 0.25) is 0 Å². The van der Waals surface area contributed by atoms with Crippen LogP contribution >= 0.6 is 0 Å². The third-order valence-corrected chi connectivity index (χ3v) is 6.17. The number of ether oxygens (including phenoxy) is 2. The van der Waals surface area contributed by atoms with Crippen molar-refractivity contribution in [1.82, 2.24) is 9.78 Å². The second kappa shape index (κ2) is 8.87. The van der Waals surface area contributed by atoms with Crippen molar-refractivity contribution in [1.29, 1.82) is 5.26 Å². The normalized spacial score (nSPS) is 14.6. The molecule has 168 valence electrons. The monoisotopic (exact) mass is 448 g/mol. The molecule has 3 aromatic carbocycles. The number of nitriles is 1. The molecule has 0 bridgehead atoms. The summed E-state index contributed by atoms with van der Waals surface area (Å²) in [6.07, 6.45) is 0.644. The topological polar surface area (TPSA) is 72.4 Å². The molecule has 4 aromatic rings. The minimum atomic E-state index is -0.109. The highest BCUT2D eigenvalue weighted by Gasteiger charge is 2.30. The van der Waals surface area contributed by atoms with E-state index in [9.17, 15) is 5.26 Å². The van der Waals surface area contributed by atoms with Crippen LogP contribution in [0.2, 0.25) is 0 Å². The number of hydrogen-bond donors (Lipinski definition) is 0. The lowest BCUT2D eigenvalue weighted by Crippen LogP contribution is -2.21. The molecular weight excluding hydrogens is 424 g/mol. The zero-order valence-corrected chi connectivity index (χ0v) is 19.3. The number of fused-ring (bicyclic) bond motifs is 1. The van der Waals surface area contributed by atoms with E-state index in [1.165, 1.54) is 0 Å². The smallest absolute Gasteiger partial charge is 0.170 e. The molecule has 5 rings (SSSR count). The molecule has 1 aliphatic rings. The average molecular weight is 449 g/mol. The molecule has 1 atom stereocenters. The fourth-order valence-electron chi connectivity index (χ4n) is 4.26. The number of rotatable bonds is 5. The first-order valence-corrected chi connectivity index (χ1v) is 11.1. The van der Waals surface area contributed by atoms with Crippen molar-refractivity contribution in [2.45, 2.75) is 19.4 Å². The first-order valence-electron chi connectivity index (χ1n) is 11.1. The SMILES string of the molecule is COc1ccc(C2=Nc3c(C#N)c(-c4ccc(C)cc4)nn3C(c3ccc(OC)cc3)C2)cc1. The third kappa shape index (κ3) is 3.82. The molecule has 34 heavy (non-hydrogen) atoms. The fourth-order valence-corrected chi connectivity index (χ4v) is 4.26. The van der Waals surface area contributed by atoms with Gasteiger partial charge in [0.1, 0.15) is 28.8 Å². The standard InChI is InChI=1S/C28H24N4O2/c1-18-4-6-21(7-5-18)27-24(17-29)28-30-25(19-8-12-22(33-2)13-9-19)16-26(32(28)31-27)20-10-14-23(34-3)15-11-20/h4-15,26H,16H2,1-3H3. The van der Waals surface area contributed by atoms with E-state index in [0.29, 0.717) is 23.5 Å². The molecule has 0 saturated heterocycles.